The number of para-hydroxylation sites is 1. The number of rotatable bonds is 3. The van der Waals surface area contributed by atoms with Gasteiger partial charge in [0, 0.05) is 37.3 Å². The van der Waals surface area contributed by atoms with E-state index in [0.717, 1.165) is 44.2 Å². The van der Waals surface area contributed by atoms with Gasteiger partial charge in [0.25, 0.3) is 0 Å². The number of aliphatic hydroxyl groups excluding tert-OH is 1. The molecule has 0 aliphatic carbocycles. The smallest absolute Gasteiger partial charge is 0.216 e. The third-order valence-electron chi connectivity index (χ3n) is 5.18. The van der Waals surface area contributed by atoms with Crippen LogP contribution in [-0.2, 0) is 24.9 Å². The van der Waals surface area contributed by atoms with Crippen molar-refractivity contribution in [3.05, 3.63) is 84.3 Å². The van der Waals surface area contributed by atoms with Gasteiger partial charge < -0.3 is 9.52 Å². The molecular weight excluding hydrogens is 605 g/mol. The largest absolute Gasteiger partial charge is 0.512 e. The Bertz CT molecular complexity index is 1500. The Hall–Kier alpha value is -3.34. The number of carbonyl (C=O) groups excluding carboxylic acids is 1. The van der Waals surface area contributed by atoms with E-state index in [4.69, 9.17) is 19.5 Å². The molecule has 3 aromatic heterocycles. The Morgan fingerprint density at radius 2 is 1.76 bits per heavy atom. The Balaban J connectivity index is 0.000000357. The zero-order valence-electron chi connectivity index (χ0n) is 19.4. The molecule has 0 unspecified atom stereocenters. The summed E-state index contributed by atoms with van der Waals surface area (Å²) in [5.41, 5.74) is 5.19. The maximum Gasteiger partial charge on any atom is 0.216 e. The molecule has 34 heavy (non-hydrogen) atoms. The second-order valence-corrected chi connectivity index (χ2v) is 8.23. The van der Waals surface area contributed by atoms with Crippen molar-refractivity contribution in [2.24, 2.45) is 0 Å². The van der Waals surface area contributed by atoms with E-state index >= 15 is 0 Å². The first-order valence-electron chi connectivity index (χ1n) is 10.8. The van der Waals surface area contributed by atoms with E-state index in [1.165, 1.54) is 19.9 Å². The van der Waals surface area contributed by atoms with Crippen molar-refractivity contribution in [3.8, 4) is 11.3 Å². The molecule has 0 amide bonds. The van der Waals surface area contributed by atoms with Crippen LogP contribution >= 0.6 is 0 Å². The monoisotopic (exact) mass is 630 g/mol. The van der Waals surface area contributed by atoms with Crippen LogP contribution in [0.1, 0.15) is 39.3 Å². The SMILES string of the molecule is CC(=O)/C=C(/C)O.CC(C)c1ccc2c(n1)oc1c(-c3ccc4ccccc4n3)[c-]ccc12.[Ir]. The zero-order valence-corrected chi connectivity index (χ0v) is 21.8. The van der Waals surface area contributed by atoms with Crippen molar-refractivity contribution < 1.29 is 34.4 Å². The van der Waals surface area contributed by atoms with Gasteiger partial charge >= 0.3 is 0 Å². The molecule has 0 bridgehead atoms. The molecule has 0 saturated heterocycles. The quantitative estimate of drug-likeness (QED) is 0.130. The van der Waals surface area contributed by atoms with Gasteiger partial charge in [0.2, 0.25) is 5.71 Å². The number of pyridine rings is 2. The predicted octanol–water partition coefficient (Wildman–Crippen LogP) is 7.15. The Morgan fingerprint density at radius 1 is 1.00 bits per heavy atom. The molecular formula is C28H25IrN2O3-. The van der Waals surface area contributed by atoms with Crippen LogP contribution in [0.2, 0.25) is 0 Å². The number of hydrogen-bond donors (Lipinski definition) is 1. The van der Waals surface area contributed by atoms with Crippen molar-refractivity contribution in [1.82, 2.24) is 9.97 Å². The average Bonchev–Trinajstić information content (AvgIpc) is 3.16. The summed E-state index contributed by atoms with van der Waals surface area (Å²) in [6.45, 7) is 7.12. The molecule has 1 radical (unpaired) electrons. The van der Waals surface area contributed by atoms with Crippen molar-refractivity contribution in [2.45, 2.75) is 33.6 Å². The molecule has 6 heteroatoms. The first-order valence-corrected chi connectivity index (χ1v) is 10.8. The number of benzene rings is 2. The van der Waals surface area contributed by atoms with Crippen LogP contribution in [0, 0.1) is 6.07 Å². The van der Waals surface area contributed by atoms with Gasteiger partial charge in [-0.2, -0.15) is 0 Å². The summed E-state index contributed by atoms with van der Waals surface area (Å²) in [6.07, 6.45) is 1.17. The van der Waals surface area contributed by atoms with Crippen LogP contribution in [0.15, 0.2) is 76.9 Å². The van der Waals surface area contributed by atoms with E-state index in [2.05, 4.69) is 44.2 Å². The molecule has 0 saturated carbocycles. The van der Waals surface area contributed by atoms with Crippen LogP contribution in [-0.4, -0.2) is 20.9 Å². The molecule has 0 atom stereocenters. The van der Waals surface area contributed by atoms with Crippen molar-refractivity contribution >= 4 is 38.8 Å². The number of ketones is 1. The first kappa shape index (κ1) is 25.3. The van der Waals surface area contributed by atoms with Gasteiger partial charge in [-0.3, -0.25) is 9.78 Å². The molecule has 0 spiro atoms. The maximum absolute atomic E-state index is 10.0. The summed E-state index contributed by atoms with van der Waals surface area (Å²) in [4.78, 5) is 19.5. The maximum atomic E-state index is 10.0. The van der Waals surface area contributed by atoms with E-state index < -0.39 is 0 Å². The van der Waals surface area contributed by atoms with Crippen LogP contribution in [0.3, 0.4) is 0 Å². The molecule has 0 fully saturated rings. The van der Waals surface area contributed by atoms with Crippen LogP contribution in [0.4, 0.5) is 0 Å². The van der Waals surface area contributed by atoms with E-state index in [0.29, 0.717) is 11.6 Å². The number of hydrogen-bond acceptors (Lipinski definition) is 5. The Labute approximate surface area is 211 Å². The Kier molecular flexibility index (Phi) is 7.98. The third-order valence-corrected chi connectivity index (χ3v) is 5.18. The van der Waals surface area contributed by atoms with Crippen molar-refractivity contribution in [1.29, 1.82) is 0 Å². The van der Waals surface area contributed by atoms with Gasteiger partial charge in [0.1, 0.15) is 0 Å². The first-order chi connectivity index (χ1) is 15.8. The molecule has 1 N–H and O–H groups in total. The second kappa shape index (κ2) is 10.7. The summed E-state index contributed by atoms with van der Waals surface area (Å²) in [7, 11) is 0. The van der Waals surface area contributed by atoms with Gasteiger partial charge in [0.15, 0.2) is 5.78 Å². The predicted molar refractivity (Wildman–Crippen MR) is 132 cm³/mol. The summed E-state index contributed by atoms with van der Waals surface area (Å²) in [5, 5.41) is 11.6. The van der Waals surface area contributed by atoms with Gasteiger partial charge in [-0.1, -0.05) is 55.1 Å². The molecule has 5 rings (SSSR count). The number of fused-ring (bicyclic) bond motifs is 4. The van der Waals surface area contributed by atoms with Gasteiger partial charge in [-0.15, -0.1) is 18.2 Å². The standard InChI is InChI=1S/C23H17N2O.C5H8O2.Ir/c1-14(2)19-13-11-17-16-7-5-8-18(22(16)26-23(17)25-19)21-12-10-15-6-3-4-9-20(15)24-21;1-4(6)3-5(2)7;/h3-7,9-14H,1-2H3;3,6H,1-2H3;/q-1;;/b;4-3-;. The minimum absolute atomic E-state index is 0. The second-order valence-electron chi connectivity index (χ2n) is 8.23. The topological polar surface area (TPSA) is 76.2 Å². The zero-order chi connectivity index (χ0) is 23.5. The Morgan fingerprint density at radius 3 is 2.44 bits per heavy atom. The molecule has 175 valence electrons. The molecule has 0 aliphatic rings. The molecule has 5 nitrogen and oxygen atoms in total. The summed E-state index contributed by atoms with van der Waals surface area (Å²) in [6, 6.07) is 23.7. The molecule has 5 aromatic rings. The fraction of sp³-hybridized carbons (Fsp3) is 0.179. The number of allylic oxidation sites excluding steroid dienone is 2. The summed E-state index contributed by atoms with van der Waals surface area (Å²) < 4.78 is 6.16. The molecule has 2 aromatic carbocycles. The summed E-state index contributed by atoms with van der Waals surface area (Å²) in [5.74, 6) is 0.299. The summed E-state index contributed by atoms with van der Waals surface area (Å²) >= 11 is 0. The number of nitrogens with zero attached hydrogens (tertiary/aromatic N) is 2. The van der Waals surface area contributed by atoms with Gasteiger partial charge in [0.05, 0.1) is 16.9 Å². The van der Waals surface area contributed by atoms with Gasteiger partial charge in [-0.05, 0) is 49.0 Å². The fourth-order valence-electron chi connectivity index (χ4n) is 3.65. The third kappa shape index (κ3) is 5.41. The van der Waals surface area contributed by atoms with Gasteiger partial charge in [-0.25, -0.2) is 4.98 Å². The van der Waals surface area contributed by atoms with E-state index in [-0.39, 0.29) is 31.6 Å². The van der Waals surface area contributed by atoms with Crippen LogP contribution in [0.25, 0.3) is 44.2 Å². The van der Waals surface area contributed by atoms with Crippen molar-refractivity contribution in [2.75, 3.05) is 0 Å². The molecule has 0 aliphatic heterocycles. The van der Waals surface area contributed by atoms with E-state index in [9.17, 15) is 4.79 Å². The van der Waals surface area contributed by atoms with Crippen molar-refractivity contribution in [3.63, 3.8) is 0 Å². The van der Waals surface area contributed by atoms with E-state index in [1.54, 1.807) is 0 Å². The minimum Gasteiger partial charge on any atom is -0.512 e. The normalized spacial score (nSPS) is 11.4. The minimum atomic E-state index is -0.125. The van der Waals surface area contributed by atoms with Crippen LogP contribution in [0.5, 0.6) is 0 Å². The average molecular weight is 630 g/mol. The van der Waals surface area contributed by atoms with E-state index in [1.807, 2.05) is 36.4 Å². The number of aliphatic hydroxyl groups is 1. The fourth-order valence-corrected chi connectivity index (χ4v) is 3.65. The number of carbonyl (C=O) groups is 1. The van der Waals surface area contributed by atoms with Crippen LogP contribution < -0.4 is 0 Å². The number of furan rings is 1. The number of aromatic nitrogens is 2. The molecule has 3 heterocycles.